The van der Waals surface area contributed by atoms with E-state index < -0.39 is 0 Å². The van der Waals surface area contributed by atoms with Gasteiger partial charge in [-0.1, -0.05) is 61.0 Å². The van der Waals surface area contributed by atoms with Crippen LogP contribution in [0.1, 0.15) is 47.4 Å². The molecule has 86 valence electrons. The lowest BCUT2D eigenvalue weighted by Crippen LogP contribution is -1.95. The third-order valence-electron chi connectivity index (χ3n) is 3.97. The molecule has 0 nitrogen and oxygen atoms in total. The van der Waals surface area contributed by atoms with Gasteiger partial charge in [0.25, 0.3) is 0 Å². The average molecular weight is 222 g/mol. The standard InChI is InChI=1S/C17H18/c1-12-7-9-14(10-8-12)17-11-13(2)15-5-3-4-6-16(15)17/h3-10,13,17H,11H2,1-2H3. The molecular weight excluding hydrogens is 204 g/mol. The van der Waals surface area contributed by atoms with Gasteiger partial charge in [-0.3, -0.25) is 0 Å². The highest BCUT2D eigenvalue weighted by Gasteiger charge is 2.28. The Labute approximate surface area is 103 Å². The molecule has 3 rings (SSSR count). The molecule has 0 saturated heterocycles. The van der Waals surface area contributed by atoms with E-state index in [1.807, 2.05) is 0 Å². The summed E-state index contributed by atoms with van der Waals surface area (Å²) < 4.78 is 0. The molecule has 0 saturated carbocycles. The van der Waals surface area contributed by atoms with Crippen molar-refractivity contribution in [2.75, 3.05) is 0 Å². The van der Waals surface area contributed by atoms with Crippen molar-refractivity contribution in [2.45, 2.75) is 32.1 Å². The lowest BCUT2D eigenvalue weighted by atomic mass is 9.92. The van der Waals surface area contributed by atoms with E-state index in [-0.39, 0.29) is 0 Å². The molecule has 2 atom stereocenters. The zero-order valence-electron chi connectivity index (χ0n) is 10.5. The lowest BCUT2D eigenvalue weighted by molar-refractivity contribution is 0.686. The third-order valence-corrected chi connectivity index (χ3v) is 3.97. The zero-order valence-corrected chi connectivity index (χ0v) is 10.5. The molecule has 17 heavy (non-hydrogen) atoms. The first-order valence-electron chi connectivity index (χ1n) is 6.41. The summed E-state index contributed by atoms with van der Waals surface area (Å²) in [7, 11) is 0. The maximum atomic E-state index is 2.34. The second-order valence-electron chi connectivity index (χ2n) is 5.23. The number of aryl methyl sites for hydroxylation is 1. The maximum Gasteiger partial charge on any atom is 0.00978 e. The number of benzene rings is 2. The third kappa shape index (κ3) is 1.78. The Morgan fingerprint density at radius 3 is 2.24 bits per heavy atom. The minimum Gasteiger partial charge on any atom is -0.0620 e. The first-order valence-corrected chi connectivity index (χ1v) is 6.41. The first kappa shape index (κ1) is 10.6. The zero-order chi connectivity index (χ0) is 11.8. The molecule has 0 heterocycles. The van der Waals surface area contributed by atoms with Crippen molar-refractivity contribution in [3.8, 4) is 0 Å². The van der Waals surface area contributed by atoms with Crippen molar-refractivity contribution in [3.63, 3.8) is 0 Å². The minimum absolute atomic E-state index is 0.599. The van der Waals surface area contributed by atoms with Gasteiger partial charge in [0.05, 0.1) is 0 Å². The van der Waals surface area contributed by atoms with Crippen molar-refractivity contribution in [3.05, 3.63) is 70.8 Å². The van der Waals surface area contributed by atoms with Gasteiger partial charge in [0, 0.05) is 5.92 Å². The van der Waals surface area contributed by atoms with Crippen LogP contribution in [0.4, 0.5) is 0 Å². The molecule has 2 unspecified atom stereocenters. The summed E-state index contributed by atoms with van der Waals surface area (Å²) >= 11 is 0. The van der Waals surface area contributed by atoms with Gasteiger partial charge in [-0.05, 0) is 36.0 Å². The highest BCUT2D eigenvalue weighted by molar-refractivity contribution is 5.44. The Morgan fingerprint density at radius 1 is 0.882 bits per heavy atom. The molecule has 0 radical (unpaired) electrons. The molecule has 0 N–H and O–H groups in total. The molecule has 1 aliphatic carbocycles. The molecule has 0 aliphatic heterocycles. The Kier molecular flexibility index (Phi) is 2.51. The van der Waals surface area contributed by atoms with E-state index in [1.54, 1.807) is 0 Å². The quantitative estimate of drug-likeness (QED) is 0.659. The number of rotatable bonds is 1. The predicted molar refractivity (Wildman–Crippen MR) is 72.5 cm³/mol. The molecule has 0 fully saturated rings. The van der Waals surface area contributed by atoms with Gasteiger partial charge in [0.1, 0.15) is 0 Å². The van der Waals surface area contributed by atoms with E-state index in [9.17, 15) is 0 Å². The molecule has 0 amide bonds. The Hall–Kier alpha value is -1.56. The van der Waals surface area contributed by atoms with Crippen LogP contribution in [0, 0.1) is 6.92 Å². The molecule has 2 aromatic rings. The van der Waals surface area contributed by atoms with Gasteiger partial charge >= 0.3 is 0 Å². The molecule has 0 heteroatoms. The topological polar surface area (TPSA) is 0 Å². The highest BCUT2D eigenvalue weighted by Crippen LogP contribution is 2.44. The van der Waals surface area contributed by atoms with Crippen molar-refractivity contribution < 1.29 is 0 Å². The first-order chi connectivity index (χ1) is 8.25. The smallest absolute Gasteiger partial charge is 0.00978 e. The number of fused-ring (bicyclic) bond motifs is 1. The maximum absolute atomic E-state index is 2.34. The van der Waals surface area contributed by atoms with Crippen LogP contribution in [0.2, 0.25) is 0 Å². The molecule has 0 bridgehead atoms. The van der Waals surface area contributed by atoms with Crippen LogP contribution in [0.15, 0.2) is 48.5 Å². The Bertz CT molecular complexity index is 522. The fourth-order valence-corrected chi connectivity index (χ4v) is 3.00. The number of hydrogen-bond donors (Lipinski definition) is 0. The lowest BCUT2D eigenvalue weighted by Gasteiger charge is -2.12. The monoisotopic (exact) mass is 222 g/mol. The largest absolute Gasteiger partial charge is 0.0620 e. The van der Waals surface area contributed by atoms with Crippen LogP contribution in [-0.4, -0.2) is 0 Å². The van der Waals surface area contributed by atoms with Gasteiger partial charge in [0.15, 0.2) is 0 Å². The fraction of sp³-hybridized carbons (Fsp3) is 0.294. The SMILES string of the molecule is Cc1ccc(C2CC(C)c3ccccc32)cc1. The summed E-state index contributed by atoms with van der Waals surface area (Å²) in [6.45, 7) is 4.49. The van der Waals surface area contributed by atoms with Crippen LogP contribution in [0.5, 0.6) is 0 Å². The summed E-state index contributed by atoms with van der Waals surface area (Å²) in [6, 6.07) is 17.9. The summed E-state index contributed by atoms with van der Waals surface area (Å²) in [5.74, 6) is 1.29. The van der Waals surface area contributed by atoms with Crippen LogP contribution in [-0.2, 0) is 0 Å². The van der Waals surface area contributed by atoms with Gasteiger partial charge in [-0.2, -0.15) is 0 Å². The van der Waals surface area contributed by atoms with Gasteiger partial charge in [0.2, 0.25) is 0 Å². The Balaban J connectivity index is 2.04. The van der Waals surface area contributed by atoms with Crippen LogP contribution in [0.3, 0.4) is 0 Å². The van der Waals surface area contributed by atoms with E-state index in [0.717, 1.165) is 0 Å². The second-order valence-corrected chi connectivity index (χ2v) is 5.23. The van der Waals surface area contributed by atoms with Crippen LogP contribution >= 0.6 is 0 Å². The van der Waals surface area contributed by atoms with E-state index in [4.69, 9.17) is 0 Å². The summed E-state index contributed by atoms with van der Waals surface area (Å²) in [6.07, 6.45) is 1.25. The van der Waals surface area contributed by atoms with Crippen molar-refractivity contribution in [2.24, 2.45) is 0 Å². The van der Waals surface area contributed by atoms with Crippen molar-refractivity contribution in [1.29, 1.82) is 0 Å². The van der Waals surface area contributed by atoms with Crippen LogP contribution < -0.4 is 0 Å². The Morgan fingerprint density at radius 2 is 1.53 bits per heavy atom. The molecule has 1 aliphatic rings. The molecule has 2 aromatic carbocycles. The highest BCUT2D eigenvalue weighted by atomic mass is 14.3. The van der Waals surface area contributed by atoms with E-state index in [0.29, 0.717) is 11.8 Å². The summed E-state index contributed by atoms with van der Waals surface area (Å²) in [5, 5.41) is 0. The van der Waals surface area contributed by atoms with E-state index >= 15 is 0 Å². The van der Waals surface area contributed by atoms with E-state index in [2.05, 4.69) is 62.4 Å². The second kappa shape index (κ2) is 4.03. The molecule has 0 aromatic heterocycles. The van der Waals surface area contributed by atoms with Gasteiger partial charge in [-0.15, -0.1) is 0 Å². The van der Waals surface area contributed by atoms with Crippen LogP contribution in [0.25, 0.3) is 0 Å². The number of hydrogen-bond acceptors (Lipinski definition) is 0. The molecular formula is C17H18. The van der Waals surface area contributed by atoms with Crippen molar-refractivity contribution >= 4 is 0 Å². The fourth-order valence-electron chi connectivity index (χ4n) is 3.00. The van der Waals surface area contributed by atoms with E-state index in [1.165, 1.54) is 28.7 Å². The normalized spacial score (nSPS) is 22.5. The van der Waals surface area contributed by atoms with Crippen molar-refractivity contribution in [1.82, 2.24) is 0 Å². The predicted octanol–water partition coefficient (Wildman–Crippen LogP) is 4.63. The molecule has 0 spiro atoms. The summed E-state index contributed by atoms with van der Waals surface area (Å²) in [5.41, 5.74) is 5.88. The van der Waals surface area contributed by atoms with Gasteiger partial charge in [-0.25, -0.2) is 0 Å². The average Bonchev–Trinajstić information content (AvgIpc) is 2.69. The minimum atomic E-state index is 0.599. The summed E-state index contributed by atoms with van der Waals surface area (Å²) in [4.78, 5) is 0. The van der Waals surface area contributed by atoms with Gasteiger partial charge < -0.3 is 0 Å².